The van der Waals surface area contributed by atoms with Crippen LogP contribution in [0.2, 0.25) is 0 Å². The van der Waals surface area contributed by atoms with Crippen molar-refractivity contribution in [2.45, 2.75) is 6.92 Å². The van der Waals surface area contributed by atoms with Crippen LogP contribution in [0.1, 0.15) is 21.7 Å². The molecule has 130 valence electrons. The van der Waals surface area contributed by atoms with Gasteiger partial charge in [-0.25, -0.2) is 9.67 Å². The summed E-state index contributed by atoms with van der Waals surface area (Å²) in [6, 6.07) is 16.5. The molecule has 0 fully saturated rings. The van der Waals surface area contributed by atoms with E-state index in [4.69, 9.17) is 0 Å². The molecule has 0 aliphatic carbocycles. The SMILES string of the molecule is Cc1c(C(=O)Nc2cnc3ccccc3n2)nnn1-c1ccccc1C#N. The summed E-state index contributed by atoms with van der Waals surface area (Å²) in [4.78, 5) is 21.3. The van der Waals surface area contributed by atoms with Gasteiger partial charge in [0.15, 0.2) is 11.5 Å². The van der Waals surface area contributed by atoms with Crippen LogP contribution in [0.3, 0.4) is 0 Å². The molecular weight excluding hydrogens is 342 g/mol. The number of nitrogens with zero attached hydrogens (tertiary/aromatic N) is 6. The number of nitrogens with one attached hydrogen (secondary N) is 1. The summed E-state index contributed by atoms with van der Waals surface area (Å²) >= 11 is 0. The van der Waals surface area contributed by atoms with Crippen molar-refractivity contribution in [3.8, 4) is 11.8 Å². The van der Waals surface area contributed by atoms with Crippen LogP contribution in [0.25, 0.3) is 16.7 Å². The Morgan fingerprint density at radius 2 is 1.85 bits per heavy atom. The molecule has 0 unspecified atom stereocenters. The minimum absolute atomic E-state index is 0.151. The Morgan fingerprint density at radius 1 is 1.11 bits per heavy atom. The van der Waals surface area contributed by atoms with E-state index in [0.29, 0.717) is 28.3 Å². The lowest BCUT2D eigenvalue weighted by Crippen LogP contribution is -2.15. The fraction of sp³-hybridized carbons (Fsp3) is 0.0526. The monoisotopic (exact) mass is 355 g/mol. The number of fused-ring (bicyclic) bond motifs is 1. The molecule has 2 aromatic carbocycles. The van der Waals surface area contributed by atoms with Crippen LogP contribution in [0.15, 0.2) is 54.7 Å². The van der Waals surface area contributed by atoms with Crippen molar-refractivity contribution >= 4 is 22.8 Å². The lowest BCUT2D eigenvalue weighted by atomic mass is 10.2. The number of rotatable bonds is 3. The quantitative estimate of drug-likeness (QED) is 0.605. The van der Waals surface area contributed by atoms with Crippen LogP contribution in [-0.4, -0.2) is 30.9 Å². The van der Waals surface area contributed by atoms with Crippen LogP contribution < -0.4 is 5.32 Å². The highest BCUT2D eigenvalue weighted by molar-refractivity contribution is 6.03. The number of carbonyl (C=O) groups is 1. The maximum atomic E-state index is 12.6. The third-order valence-corrected chi connectivity index (χ3v) is 4.05. The van der Waals surface area contributed by atoms with Gasteiger partial charge in [-0.2, -0.15) is 5.26 Å². The minimum atomic E-state index is -0.447. The number of amides is 1. The predicted octanol–water partition coefficient (Wildman–Crippen LogP) is 2.64. The Balaban J connectivity index is 1.64. The Hall–Kier alpha value is -4.12. The van der Waals surface area contributed by atoms with Crippen molar-refractivity contribution < 1.29 is 4.79 Å². The van der Waals surface area contributed by atoms with Gasteiger partial charge in [0.25, 0.3) is 5.91 Å². The van der Waals surface area contributed by atoms with Crippen LogP contribution in [0.5, 0.6) is 0 Å². The molecule has 0 radical (unpaired) electrons. The van der Waals surface area contributed by atoms with E-state index in [2.05, 4.69) is 31.7 Å². The molecule has 0 aliphatic rings. The second kappa shape index (κ2) is 6.65. The van der Waals surface area contributed by atoms with Crippen LogP contribution in [-0.2, 0) is 0 Å². The summed E-state index contributed by atoms with van der Waals surface area (Å²) in [5, 5.41) is 19.9. The van der Waals surface area contributed by atoms with Gasteiger partial charge in [0.2, 0.25) is 0 Å². The van der Waals surface area contributed by atoms with E-state index in [0.717, 1.165) is 5.52 Å². The maximum Gasteiger partial charge on any atom is 0.279 e. The third-order valence-electron chi connectivity index (χ3n) is 4.05. The van der Waals surface area contributed by atoms with Crippen molar-refractivity contribution in [3.63, 3.8) is 0 Å². The fourth-order valence-corrected chi connectivity index (χ4v) is 2.71. The van der Waals surface area contributed by atoms with Crippen molar-refractivity contribution in [3.05, 3.63) is 71.7 Å². The number of aromatic nitrogens is 5. The van der Waals surface area contributed by atoms with Gasteiger partial charge in [-0.3, -0.25) is 9.78 Å². The van der Waals surface area contributed by atoms with Gasteiger partial charge in [0, 0.05) is 0 Å². The smallest absolute Gasteiger partial charge is 0.279 e. The first-order valence-electron chi connectivity index (χ1n) is 8.12. The van der Waals surface area contributed by atoms with Crippen molar-refractivity contribution in [2.75, 3.05) is 5.32 Å². The second-order valence-corrected chi connectivity index (χ2v) is 5.76. The Morgan fingerprint density at radius 3 is 2.67 bits per heavy atom. The summed E-state index contributed by atoms with van der Waals surface area (Å²) in [5.41, 5.74) is 3.10. The summed E-state index contributed by atoms with van der Waals surface area (Å²) in [6.07, 6.45) is 1.49. The van der Waals surface area contributed by atoms with Crippen LogP contribution >= 0.6 is 0 Å². The third kappa shape index (κ3) is 2.98. The minimum Gasteiger partial charge on any atom is -0.304 e. The highest BCUT2D eigenvalue weighted by atomic mass is 16.2. The molecule has 0 bridgehead atoms. The largest absolute Gasteiger partial charge is 0.304 e. The first kappa shape index (κ1) is 16.4. The Kier molecular flexibility index (Phi) is 4.03. The molecule has 8 heteroatoms. The standard InChI is InChI=1S/C19H13N7O/c1-12-18(24-25-26(12)16-9-5-2-6-13(16)10-20)19(27)23-17-11-21-14-7-3-4-8-15(14)22-17/h2-9,11H,1H3,(H,22,23,27). The first-order valence-corrected chi connectivity index (χ1v) is 8.12. The fourth-order valence-electron chi connectivity index (χ4n) is 2.71. The zero-order valence-corrected chi connectivity index (χ0v) is 14.3. The maximum absolute atomic E-state index is 12.6. The van der Waals surface area contributed by atoms with Crippen LogP contribution in [0.4, 0.5) is 5.82 Å². The molecule has 8 nitrogen and oxygen atoms in total. The average molecular weight is 355 g/mol. The number of anilines is 1. The van der Waals surface area contributed by atoms with E-state index >= 15 is 0 Å². The predicted molar refractivity (Wildman–Crippen MR) is 98.3 cm³/mol. The molecule has 1 N–H and O–H groups in total. The second-order valence-electron chi connectivity index (χ2n) is 5.76. The lowest BCUT2D eigenvalue weighted by Gasteiger charge is -2.06. The van der Waals surface area contributed by atoms with Gasteiger partial charge in [0.1, 0.15) is 6.07 Å². The molecule has 0 saturated carbocycles. The van der Waals surface area contributed by atoms with Crippen LogP contribution in [0, 0.1) is 18.3 Å². The van der Waals surface area contributed by atoms with E-state index in [9.17, 15) is 10.1 Å². The first-order chi connectivity index (χ1) is 13.2. The van der Waals surface area contributed by atoms with Crippen molar-refractivity contribution in [2.24, 2.45) is 0 Å². The number of para-hydroxylation sites is 3. The molecule has 0 spiro atoms. The summed E-state index contributed by atoms with van der Waals surface area (Å²) in [6.45, 7) is 1.72. The van der Waals surface area contributed by atoms with Crippen molar-refractivity contribution in [1.82, 2.24) is 25.0 Å². The average Bonchev–Trinajstić information content (AvgIpc) is 3.09. The van der Waals surface area contributed by atoms with E-state index in [-0.39, 0.29) is 5.69 Å². The van der Waals surface area contributed by atoms with Gasteiger partial charge in [-0.15, -0.1) is 5.10 Å². The molecule has 2 aromatic heterocycles. The Labute approximate surface area is 154 Å². The summed E-state index contributed by atoms with van der Waals surface area (Å²) in [5.74, 6) is -0.122. The molecular formula is C19H13N7O. The molecule has 27 heavy (non-hydrogen) atoms. The van der Waals surface area contributed by atoms with Crippen molar-refractivity contribution in [1.29, 1.82) is 5.26 Å². The van der Waals surface area contributed by atoms with E-state index in [1.54, 1.807) is 31.2 Å². The van der Waals surface area contributed by atoms with E-state index in [1.807, 2.05) is 24.3 Å². The molecule has 4 aromatic rings. The van der Waals surface area contributed by atoms with E-state index < -0.39 is 5.91 Å². The lowest BCUT2D eigenvalue weighted by molar-refractivity contribution is 0.102. The highest BCUT2D eigenvalue weighted by Gasteiger charge is 2.19. The molecule has 4 rings (SSSR count). The number of hydrogen-bond acceptors (Lipinski definition) is 6. The topological polar surface area (TPSA) is 109 Å². The number of nitriles is 1. The number of carbonyl (C=O) groups excluding carboxylic acids is 1. The van der Waals surface area contributed by atoms with Gasteiger partial charge in [-0.1, -0.05) is 29.5 Å². The summed E-state index contributed by atoms with van der Waals surface area (Å²) < 4.78 is 1.47. The number of hydrogen-bond donors (Lipinski definition) is 1. The van der Waals surface area contributed by atoms with E-state index in [1.165, 1.54) is 10.9 Å². The molecule has 0 atom stereocenters. The highest BCUT2D eigenvalue weighted by Crippen LogP contribution is 2.17. The van der Waals surface area contributed by atoms with Gasteiger partial charge in [-0.05, 0) is 31.2 Å². The van der Waals surface area contributed by atoms with Gasteiger partial charge in [0.05, 0.1) is 34.2 Å². The molecule has 1 amide bonds. The number of benzene rings is 2. The molecule has 0 aliphatic heterocycles. The zero-order valence-electron chi connectivity index (χ0n) is 14.3. The molecule has 2 heterocycles. The van der Waals surface area contributed by atoms with Gasteiger partial charge < -0.3 is 5.32 Å². The zero-order chi connectivity index (χ0) is 18.8. The summed E-state index contributed by atoms with van der Waals surface area (Å²) in [7, 11) is 0. The molecule has 0 saturated heterocycles. The van der Waals surface area contributed by atoms with Gasteiger partial charge >= 0.3 is 0 Å². The Bertz CT molecular complexity index is 1210. The normalized spacial score (nSPS) is 10.5.